The Morgan fingerprint density at radius 3 is 1.05 bits per heavy atom. The number of anilines is 3. The van der Waals surface area contributed by atoms with Crippen LogP contribution in [0.2, 0.25) is 45.3 Å². The average molecular weight is 1970 g/mol. The van der Waals surface area contributed by atoms with Gasteiger partial charge in [-0.1, -0.05) is 200 Å². The topological polar surface area (TPSA) is 288 Å². The first-order valence-electron chi connectivity index (χ1n) is 41.1. The largest absolute Gasteiger partial charge is 0.444 e. The monoisotopic (exact) mass is 1960 g/mol. The van der Waals surface area contributed by atoms with Crippen LogP contribution in [0, 0.1) is 50.4 Å². The fourth-order valence-corrected chi connectivity index (χ4v) is 20.4. The van der Waals surface area contributed by atoms with Gasteiger partial charge in [0.15, 0.2) is 0 Å². The molecule has 0 bridgehead atoms. The fraction of sp³-hybridized carbons (Fsp3) is 0.323. The summed E-state index contributed by atoms with van der Waals surface area (Å²) >= 11 is 61.0. The molecular weight excluding hydrogens is 1880 g/mol. The molecule has 0 atom stereocenters. The summed E-state index contributed by atoms with van der Waals surface area (Å²) in [7, 11) is 0. The molecule has 4 aliphatic rings. The Morgan fingerprint density at radius 1 is 0.430 bits per heavy atom. The number of benzene rings is 4. The Morgan fingerprint density at radius 2 is 0.742 bits per heavy atom. The number of hydrogen-bond acceptors (Lipinski definition) is 25. The van der Waals surface area contributed by atoms with Crippen molar-refractivity contribution in [3.8, 4) is 12.1 Å². The lowest BCUT2D eigenvalue weighted by atomic mass is 9.73. The Kier molecular flexibility index (Phi) is 35.3. The number of halogens is 9. The lowest BCUT2D eigenvalue weighted by molar-refractivity contribution is 0.0509. The molecular formula is C93H93Cl9N20O2S4. The zero-order valence-electron chi connectivity index (χ0n) is 71.2. The zero-order chi connectivity index (χ0) is 91.2. The number of nitrogens with zero attached hydrogens (tertiary/aromatic N) is 17. The third-order valence-electron chi connectivity index (χ3n) is 22.3. The molecule has 4 N–H and O–H groups in total. The highest BCUT2D eigenvalue weighted by Crippen LogP contribution is 2.45. The molecule has 4 saturated heterocycles. The van der Waals surface area contributed by atoms with E-state index in [1.165, 1.54) is 58.8 Å². The van der Waals surface area contributed by atoms with E-state index < -0.39 is 17.1 Å². The molecule has 128 heavy (non-hydrogen) atoms. The first kappa shape index (κ1) is 98.4. The number of nitrogens with two attached hydrogens (primary N) is 1. The Bertz CT molecular complexity index is 5850. The van der Waals surface area contributed by atoms with E-state index in [1.807, 2.05) is 164 Å². The van der Waals surface area contributed by atoms with E-state index in [9.17, 15) is 15.3 Å². The number of piperidine rings is 4. The number of aromatic nitrogens is 12. The highest BCUT2D eigenvalue weighted by atomic mass is 35.5. The number of pyridine rings is 4. The number of aryl methyl sites for hydroxylation is 4. The van der Waals surface area contributed by atoms with Gasteiger partial charge in [0.1, 0.15) is 48.3 Å². The fourth-order valence-electron chi connectivity index (χ4n) is 15.0. The smallest absolute Gasteiger partial charge is 0.407 e. The number of rotatable bonds is 18. The quantitative estimate of drug-likeness (QED) is 0.0719. The van der Waals surface area contributed by atoms with Crippen LogP contribution in [0.25, 0.3) is 0 Å². The van der Waals surface area contributed by atoms with Crippen LogP contribution in [0.5, 0.6) is 0 Å². The van der Waals surface area contributed by atoms with E-state index in [-0.39, 0.29) is 16.2 Å². The molecule has 4 aliphatic heterocycles. The number of hydrogen-bond donors (Lipinski definition) is 3. The molecule has 664 valence electrons. The normalized spacial score (nSPS) is 15.4. The molecule has 0 radical (unpaired) electrons. The summed E-state index contributed by atoms with van der Waals surface area (Å²) in [5.74, 6) is 2.55. The zero-order valence-corrected chi connectivity index (χ0v) is 81.3. The Labute approximate surface area is 809 Å². The lowest BCUT2D eigenvalue weighted by Crippen LogP contribution is -2.50. The first-order chi connectivity index (χ1) is 61.6. The van der Waals surface area contributed by atoms with Gasteiger partial charge in [0.2, 0.25) is 0 Å². The minimum Gasteiger partial charge on any atom is -0.444 e. The standard InChI is InChI=1S/C27H31Cl2N5O2S.C22H23Cl2N5S.C22H19Cl2N5S.C11H7Cl3N2S.C11H13N3/c1-18-24(37-21-9-5-8-20(28)23(21)29)31-16-22(33-18)34-13-10-27(11-14-34,19-7-6-12-30-15-19)17-32-25(35)36-26(2,3)4;2*1-15-21(30-18-6-2-5-17(23)20(18)24)27-13-19(28-15)29-10-7-22(14-25,8-11-29)16-4-3-9-26-12-16;1-6-11(15-5-9(13)16-6)17-8-4-2-3-7(12)10(8)14;12-9-11(3-6-13-7-4-11)10-2-1-5-14-8-10/h5-9,12,15-16H,10-11,13-14,17H2,1-4H3,(H,32,35);2-6,9,12-13H,7-8,10-11,14,25H2,1H3;2-6,9,12-13H,7-8,10-11H2,1H3;2-5H,1H3;1-2,5,8,13H,3-4,6-7H2. The molecule has 8 aromatic heterocycles. The van der Waals surface area contributed by atoms with Gasteiger partial charge in [-0.3, -0.25) is 19.9 Å². The van der Waals surface area contributed by atoms with Crippen molar-refractivity contribution in [2.45, 2.75) is 167 Å². The summed E-state index contributed by atoms with van der Waals surface area (Å²) in [6, 6.07) is 43.1. The number of carbonyl (C=O) groups is 1. The minimum absolute atomic E-state index is 0.0215. The third-order valence-corrected chi connectivity index (χ3v) is 30.8. The average Bonchev–Trinajstić information content (AvgIpc) is 0.818. The van der Waals surface area contributed by atoms with Crippen LogP contribution in [0.15, 0.2) is 235 Å². The van der Waals surface area contributed by atoms with Crippen molar-refractivity contribution in [3.05, 3.63) is 286 Å². The minimum atomic E-state index is -0.548. The van der Waals surface area contributed by atoms with E-state index in [4.69, 9.17) is 130 Å². The summed E-state index contributed by atoms with van der Waals surface area (Å²) < 4.78 is 5.47. The van der Waals surface area contributed by atoms with Gasteiger partial charge in [0, 0.05) is 132 Å². The Hall–Kier alpha value is -8.62. The van der Waals surface area contributed by atoms with Gasteiger partial charge < -0.3 is 35.8 Å². The van der Waals surface area contributed by atoms with Crippen LogP contribution in [0.4, 0.5) is 22.2 Å². The maximum atomic E-state index is 12.4. The van der Waals surface area contributed by atoms with E-state index in [0.29, 0.717) is 58.4 Å². The van der Waals surface area contributed by atoms with Crippen LogP contribution in [0.3, 0.4) is 0 Å². The molecule has 22 nitrogen and oxygen atoms in total. The molecule has 12 aromatic rings. The maximum Gasteiger partial charge on any atom is 0.407 e. The summed E-state index contributed by atoms with van der Waals surface area (Å²) in [6.07, 6.45) is 27.8. The second-order valence-electron chi connectivity index (χ2n) is 31.7. The van der Waals surface area contributed by atoms with Gasteiger partial charge in [-0.15, -0.1) is 0 Å². The van der Waals surface area contributed by atoms with Crippen molar-refractivity contribution in [2.24, 2.45) is 5.73 Å². The van der Waals surface area contributed by atoms with Crippen molar-refractivity contribution >= 4 is 175 Å². The van der Waals surface area contributed by atoms with Crippen molar-refractivity contribution in [2.75, 3.05) is 80.1 Å². The second-order valence-corrected chi connectivity index (χ2v) is 39.4. The number of carbonyl (C=O) groups excluding carboxylic acids is 1. The first-order valence-corrected chi connectivity index (χ1v) is 47.8. The van der Waals surface area contributed by atoms with E-state index >= 15 is 0 Å². The van der Waals surface area contributed by atoms with E-state index in [2.05, 4.69) is 94.5 Å². The molecule has 4 aromatic carbocycles. The highest BCUT2D eigenvalue weighted by Gasteiger charge is 2.41. The second kappa shape index (κ2) is 46.0. The molecule has 16 rings (SSSR count). The van der Waals surface area contributed by atoms with E-state index in [0.717, 1.165) is 200 Å². The molecule has 1 amide bonds. The van der Waals surface area contributed by atoms with Crippen molar-refractivity contribution in [1.82, 2.24) is 70.4 Å². The van der Waals surface area contributed by atoms with Gasteiger partial charge in [-0.2, -0.15) is 10.5 Å². The van der Waals surface area contributed by atoms with Crippen LogP contribution >= 0.6 is 151 Å². The predicted octanol–water partition coefficient (Wildman–Crippen LogP) is 23.7. The molecule has 0 saturated carbocycles. The van der Waals surface area contributed by atoms with Crippen LogP contribution in [0.1, 0.15) is 117 Å². The number of ether oxygens (including phenoxy) is 1. The molecule has 0 spiro atoms. The van der Waals surface area contributed by atoms with Gasteiger partial charge in [0.05, 0.1) is 111 Å². The maximum absolute atomic E-state index is 12.4. The van der Waals surface area contributed by atoms with Gasteiger partial charge in [-0.05, 0) is 208 Å². The van der Waals surface area contributed by atoms with Crippen LogP contribution in [-0.2, 0) is 26.4 Å². The van der Waals surface area contributed by atoms with Gasteiger partial charge in [0.25, 0.3) is 0 Å². The summed E-state index contributed by atoms with van der Waals surface area (Å²) in [4.78, 5) is 76.1. The number of nitriles is 2. The molecule has 0 unspecified atom stereocenters. The van der Waals surface area contributed by atoms with Crippen molar-refractivity contribution < 1.29 is 9.53 Å². The number of amides is 1. The van der Waals surface area contributed by atoms with Gasteiger partial charge >= 0.3 is 6.09 Å². The number of nitrogens with one attached hydrogen (secondary N) is 2. The van der Waals surface area contributed by atoms with E-state index in [1.54, 1.807) is 61.4 Å². The van der Waals surface area contributed by atoms with Crippen LogP contribution < -0.4 is 31.1 Å². The molecule has 4 fully saturated rings. The lowest BCUT2D eigenvalue weighted by Gasteiger charge is -2.42. The molecule has 0 aliphatic carbocycles. The third kappa shape index (κ3) is 25.6. The van der Waals surface area contributed by atoms with Gasteiger partial charge in [-0.25, -0.2) is 44.7 Å². The van der Waals surface area contributed by atoms with Crippen LogP contribution in [-0.4, -0.2) is 137 Å². The molecule has 12 heterocycles. The number of alkyl carbamates (subject to hydrolysis) is 1. The predicted molar refractivity (Wildman–Crippen MR) is 519 cm³/mol. The summed E-state index contributed by atoms with van der Waals surface area (Å²) in [5.41, 5.74) is 12.3. The van der Waals surface area contributed by atoms with Crippen molar-refractivity contribution in [1.29, 1.82) is 10.5 Å². The Balaban J connectivity index is 0.000000150. The van der Waals surface area contributed by atoms with Crippen molar-refractivity contribution in [3.63, 3.8) is 0 Å². The highest BCUT2D eigenvalue weighted by molar-refractivity contribution is 8.00. The summed E-state index contributed by atoms with van der Waals surface area (Å²) in [5, 5.41) is 33.2. The summed E-state index contributed by atoms with van der Waals surface area (Å²) in [6.45, 7) is 21.0. The SMILES string of the molecule is Cc1nc(Cl)cnc1Sc1cccc(Cl)c1Cl.Cc1nc(N2CCC(C#N)(c3cccnc3)CC2)cnc1Sc1cccc(Cl)c1Cl.Cc1nc(N2CCC(CN)(c3cccnc3)CC2)cnc1Sc1cccc(Cl)c1Cl.Cc1nc(N2CCC(CNC(=O)OC(C)(C)C)(c3cccnc3)CC2)cnc1Sc1cccc(Cl)c1Cl.N#CC1(c2cccnc2)CCNCC1. The molecule has 35 heteroatoms.